The fourth-order valence-electron chi connectivity index (χ4n) is 2.60. The smallest absolute Gasteiger partial charge is 0.347 e. The van der Waals surface area contributed by atoms with Gasteiger partial charge in [0, 0.05) is 19.0 Å². The molecule has 1 unspecified atom stereocenters. The van der Waals surface area contributed by atoms with E-state index in [0.29, 0.717) is 19.1 Å². The van der Waals surface area contributed by atoms with Gasteiger partial charge in [0.15, 0.2) is 6.10 Å². The first-order valence-electron chi connectivity index (χ1n) is 7.30. The number of aryl methyl sites for hydroxylation is 2. The lowest BCUT2D eigenvalue weighted by atomic mass is 10.1. The topological polar surface area (TPSA) is 47.6 Å². The van der Waals surface area contributed by atoms with Crippen LogP contribution in [0.2, 0.25) is 0 Å². The van der Waals surface area contributed by atoms with E-state index < -0.39 is 6.10 Å². The number of ether oxygens (including phenoxy) is 2. The van der Waals surface area contributed by atoms with Gasteiger partial charge in [0.2, 0.25) is 0 Å². The number of benzene rings is 1. The number of nitrogens with one attached hydrogen (secondary N) is 1. The molecule has 0 bridgehead atoms. The van der Waals surface area contributed by atoms with Gasteiger partial charge in [-0.1, -0.05) is 12.1 Å². The van der Waals surface area contributed by atoms with E-state index in [9.17, 15) is 4.79 Å². The van der Waals surface area contributed by atoms with Crippen LogP contribution in [0.3, 0.4) is 0 Å². The lowest BCUT2D eigenvalue weighted by Gasteiger charge is -2.16. The highest BCUT2D eigenvalue weighted by molar-refractivity contribution is 5.77. The lowest BCUT2D eigenvalue weighted by Crippen LogP contribution is -2.22. The summed E-state index contributed by atoms with van der Waals surface area (Å²) in [5.41, 5.74) is 3.43. The molecule has 2 fully saturated rings. The van der Waals surface area contributed by atoms with Gasteiger partial charge in [-0.15, -0.1) is 0 Å². The fraction of sp³-hybridized carbons (Fsp3) is 0.562. The van der Waals surface area contributed by atoms with E-state index in [1.165, 1.54) is 18.4 Å². The molecule has 1 heterocycles. The van der Waals surface area contributed by atoms with Gasteiger partial charge >= 0.3 is 5.97 Å². The largest absolute Gasteiger partial charge is 0.478 e. The maximum absolute atomic E-state index is 11.5. The zero-order chi connectivity index (χ0) is 14.1. The van der Waals surface area contributed by atoms with Crippen molar-refractivity contribution in [3.05, 3.63) is 28.8 Å². The molecule has 0 amide bonds. The van der Waals surface area contributed by atoms with Gasteiger partial charge in [-0.2, -0.15) is 0 Å². The zero-order valence-electron chi connectivity index (χ0n) is 12.1. The van der Waals surface area contributed by atoms with Crippen molar-refractivity contribution in [1.29, 1.82) is 0 Å². The first kappa shape index (κ1) is 13.4. The summed E-state index contributed by atoms with van der Waals surface area (Å²) in [6.07, 6.45) is 2.79. The standard InChI is InChI=1S/C16H21NO3/c1-10-7-12(9-17-13-3-4-13)8-11(2)15(10)20-14-5-6-19-16(14)18/h7-8,13-14,17H,3-6,9H2,1-2H3. The Hall–Kier alpha value is -1.55. The molecule has 4 heteroatoms. The molecule has 0 spiro atoms. The Balaban J connectivity index is 1.71. The van der Waals surface area contributed by atoms with Crippen LogP contribution in [0.1, 0.15) is 36.0 Å². The van der Waals surface area contributed by atoms with Crippen molar-refractivity contribution >= 4 is 5.97 Å². The van der Waals surface area contributed by atoms with Crippen LogP contribution in [0.15, 0.2) is 12.1 Å². The van der Waals surface area contributed by atoms with Crippen LogP contribution in [-0.4, -0.2) is 24.7 Å². The second kappa shape index (κ2) is 5.44. The minimum atomic E-state index is -0.442. The van der Waals surface area contributed by atoms with Crippen molar-refractivity contribution in [2.45, 2.75) is 51.8 Å². The molecule has 3 rings (SSSR count). The molecule has 0 radical (unpaired) electrons. The number of rotatable bonds is 5. The van der Waals surface area contributed by atoms with Gasteiger partial charge < -0.3 is 14.8 Å². The van der Waals surface area contributed by atoms with E-state index in [1.54, 1.807) is 0 Å². The first-order valence-corrected chi connectivity index (χ1v) is 7.30. The van der Waals surface area contributed by atoms with E-state index in [2.05, 4.69) is 17.4 Å². The van der Waals surface area contributed by atoms with Crippen molar-refractivity contribution in [3.8, 4) is 5.75 Å². The Morgan fingerprint density at radius 3 is 2.50 bits per heavy atom. The Kier molecular flexibility index (Phi) is 3.66. The summed E-state index contributed by atoms with van der Waals surface area (Å²) in [5, 5.41) is 3.51. The molecule has 1 aliphatic heterocycles. The molecule has 108 valence electrons. The highest BCUT2D eigenvalue weighted by atomic mass is 16.6. The number of carbonyl (C=O) groups is 1. The minimum Gasteiger partial charge on any atom is -0.478 e. The van der Waals surface area contributed by atoms with Crippen LogP contribution >= 0.6 is 0 Å². The average molecular weight is 275 g/mol. The number of carbonyl (C=O) groups excluding carboxylic acids is 1. The quantitative estimate of drug-likeness (QED) is 0.837. The van der Waals surface area contributed by atoms with Crippen molar-refractivity contribution in [2.75, 3.05) is 6.61 Å². The molecule has 1 aromatic rings. The zero-order valence-corrected chi connectivity index (χ0v) is 12.1. The first-order chi connectivity index (χ1) is 9.63. The summed E-state index contributed by atoms with van der Waals surface area (Å²) >= 11 is 0. The fourth-order valence-corrected chi connectivity index (χ4v) is 2.60. The number of hydrogen-bond acceptors (Lipinski definition) is 4. The van der Waals surface area contributed by atoms with Crippen LogP contribution in [0.25, 0.3) is 0 Å². The van der Waals surface area contributed by atoms with Gasteiger partial charge in [0.1, 0.15) is 5.75 Å². The molecule has 20 heavy (non-hydrogen) atoms. The second-order valence-corrected chi connectivity index (χ2v) is 5.78. The molecule has 1 aromatic carbocycles. The van der Waals surface area contributed by atoms with Gasteiger partial charge in [-0.25, -0.2) is 4.79 Å². The molecule has 1 saturated heterocycles. The number of cyclic esters (lactones) is 1. The van der Waals surface area contributed by atoms with Gasteiger partial charge in [0.25, 0.3) is 0 Å². The predicted octanol–water partition coefficient (Wildman–Crippen LogP) is 2.25. The van der Waals surface area contributed by atoms with E-state index >= 15 is 0 Å². The van der Waals surface area contributed by atoms with Crippen LogP contribution in [0.5, 0.6) is 5.75 Å². The Morgan fingerprint density at radius 2 is 1.95 bits per heavy atom. The summed E-state index contributed by atoms with van der Waals surface area (Å²) in [6, 6.07) is 4.98. The van der Waals surface area contributed by atoms with Crippen LogP contribution in [0.4, 0.5) is 0 Å². The molecule has 1 aliphatic carbocycles. The highest BCUT2D eigenvalue weighted by Gasteiger charge is 2.29. The molecule has 2 aliphatic rings. The summed E-state index contributed by atoms with van der Waals surface area (Å²) in [7, 11) is 0. The molecule has 4 nitrogen and oxygen atoms in total. The molecule has 1 saturated carbocycles. The van der Waals surface area contributed by atoms with Crippen molar-refractivity contribution in [3.63, 3.8) is 0 Å². The van der Waals surface area contributed by atoms with Gasteiger partial charge in [-0.05, 0) is 43.4 Å². The molecular formula is C16H21NO3. The molecule has 0 aromatic heterocycles. The van der Waals surface area contributed by atoms with Crippen LogP contribution in [-0.2, 0) is 16.1 Å². The predicted molar refractivity (Wildman–Crippen MR) is 75.8 cm³/mol. The van der Waals surface area contributed by atoms with E-state index in [1.807, 2.05) is 13.8 Å². The Morgan fingerprint density at radius 1 is 1.25 bits per heavy atom. The summed E-state index contributed by atoms with van der Waals surface area (Å²) in [6.45, 7) is 5.43. The third kappa shape index (κ3) is 2.96. The summed E-state index contributed by atoms with van der Waals surface area (Å²) in [5.74, 6) is 0.576. The Bertz CT molecular complexity index is 499. The number of hydrogen-bond donors (Lipinski definition) is 1. The SMILES string of the molecule is Cc1cc(CNC2CC2)cc(C)c1OC1CCOC1=O. The van der Waals surface area contributed by atoms with E-state index in [4.69, 9.17) is 9.47 Å². The average Bonchev–Trinajstić information content (AvgIpc) is 3.15. The van der Waals surface area contributed by atoms with Gasteiger partial charge in [0.05, 0.1) is 6.61 Å². The maximum atomic E-state index is 11.5. The third-order valence-electron chi connectivity index (χ3n) is 3.84. The van der Waals surface area contributed by atoms with Crippen LogP contribution < -0.4 is 10.1 Å². The minimum absolute atomic E-state index is 0.247. The van der Waals surface area contributed by atoms with Crippen molar-refractivity contribution < 1.29 is 14.3 Å². The number of esters is 1. The normalized spacial score (nSPS) is 21.9. The van der Waals surface area contributed by atoms with Crippen LogP contribution in [0, 0.1) is 13.8 Å². The molecule has 1 atom stereocenters. The molecule has 1 N–H and O–H groups in total. The summed E-state index contributed by atoms with van der Waals surface area (Å²) in [4.78, 5) is 11.5. The Labute approximate surface area is 119 Å². The summed E-state index contributed by atoms with van der Waals surface area (Å²) < 4.78 is 10.8. The van der Waals surface area contributed by atoms with Crippen molar-refractivity contribution in [1.82, 2.24) is 5.32 Å². The maximum Gasteiger partial charge on any atom is 0.347 e. The second-order valence-electron chi connectivity index (χ2n) is 5.78. The van der Waals surface area contributed by atoms with Gasteiger partial charge in [-0.3, -0.25) is 0 Å². The monoisotopic (exact) mass is 275 g/mol. The third-order valence-corrected chi connectivity index (χ3v) is 3.84. The van der Waals surface area contributed by atoms with E-state index in [-0.39, 0.29) is 5.97 Å². The van der Waals surface area contributed by atoms with Crippen molar-refractivity contribution in [2.24, 2.45) is 0 Å². The lowest BCUT2D eigenvalue weighted by molar-refractivity contribution is -0.143. The van der Waals surface area contributed by atoms with E-state index in [0.717, 1.165) is 23.4 Å². The highest BCUT2D eigenvalue weighted by Crippen LogP contribution is 2.28. The molecular weight excluding hydrogens is 254 g/mol.